The Labute approximate surface area is 190 Å². The van der Waals surface area contributed by atoms with Crippen LogP contribution >= 0.6 is 0 Å². The highest BCUT2D eigenvalue weighted by Gasteiger charge is 2.16. The number of para-hydroxylation sites is 2. The second-order valence-corrected chi connectivity index (χ2v) is 6.97. The number of aromatic nitrogens is 4. The van der Waals surface area contributed by atoms with E-state index in [0.29, 0.717) is 28.7 Å². The van der Waals surface area contributed by atoms with Crippen LogP contribution in [-0.4, -0.2) is 26.6 Å². The lowest BCUT2D eigenvalue weighted by Crippen LogP contribution is -2.04. The number of imidazole rings is 1. The van der Waals surface area contributed by atoms with Crippen LogP contribution in [0.3, 0.4) is 0 Å². The Kier molecular flexibility index (Phi) is 6.17. The number of nitrogens with zero attached hydrogens (tertiary/aromatic N) is 4. The summed E-state index contributed by atoms with van der Waals surface area (Å²) in [5.41, 5.74) is 3.14. The molecular formula is C25H23FN6O. The Bertz CT molecular complexity index is 1370. The average molecular weight is 442 g/mol. The smallest absolute Gasteiger partial charge is 0.229 e. The Morgan fingerprint density at radius 2 is 1.58 bits per heavy atom. The molecule has 0 amide bonds. The van der Waals surface area contributed by atoms with Crippen LogP contribution in [-0.2, 0) is 0 Å². The molecule has 0 aliphatic heterocycles. The summed E-state index contributed by atoms with van der Waals surface area (Å²) in [6.07, 6.45) is 1.64. The number of anilines is 4. The number of hydrogen-bond donors (Lipinski definition) is 2. The lowest BCUT2D eigenvalue weighted by Gasteiger charge is -2.11. The van der Waals surface area contributed by atoms with Gasteiger partial charge < -0.3 is 15.4 Å². The Balaban J connectivity index is 0.00000259. The Hall–Kier alpha value is -4.46. The molecule has 7 nitrogen and oxygen atoms in total. The van der Waals surface area contributed by atoms with E-state index < -0.39 is 0 Å². The first-order valence-corrected chi connectivity index (χ1v) is 9.95. The molecule has 0 atom stereocenters. The highest BCUT2D eigenvalue weighted by Crippen LogP contribution is 2.28. The van der Waals surface area contributed by atoms with Crippen molar-refractivity contribution in [3.05, 3.63) is 90.9 Å². The third kappa shape index (κ3) is 4.45. The van der Waals surface area contributed by atoms with Crippen molar-refractivity contribution >= 4 is 34.4 Å². The predicted octanol–water partition coefficient (Wildman–Crippen LogP) is 6.09. The summed E-state index contributed by atoms with van der Waals surface area (Å²) >= 11 is 0. The van der Waals surface area contributed by atoms with Gasteiger partial charge in [-0.2, -0.15) is 4.98 Å². The molecule has 5 aromatic rings. The lowest BCUT2D eigenvalue weighted by atomic mass is 10.3. The van der Waals surface area contributed by atoms with Crippen molar-refractivity contribution in [2.24, 2.45) is 0 Å². The van der Waals surface area contributed by atoms with Gasteiger partial charge in [0, 0.05) is 5.69 Å². The van der Waals surface area contributed by atoms with Gasteiger partial charge in [-0.3, -0.25) is 4.57 Å². The summed E-state index contributed by atoms with van der Waals surface area (Å²) in [5, 5.41) is 6.28. The second-order valence-electron chi connectivity index (χ2n) is 6.97. The van der Waals surface area contributed by atoms with Gasteiger partial charge in [0.25, 0.3) is 0 Å². The zero-order valence-corrected chi connectivity index (χ0v) is 17.2. The minimum absolute atomic E-state index is 0. The van der Waals surface area contributed by atoms with Crippen LogP contribution in [0.2, 0.25) is 0 Å². The highest BCUT2D eigenvalue weighted by atomic mass is 19.1. The summed E-state index contributed by atoms with van der Waals surface area (Å²) in [4.78, 5) is 13.7. The van der Waals surface area contributed by atoms with Crippen LogP contribution in [0, 0.1) is 5.82 Å². The van der Waals surface area contributed by atoms with Gasteiger partial charge in [0.1, 0.15) is 17.1 Å². The van der Waals surface area contributed by atoms with E-state index in [4.69, 9.17) is 4.74 Å². The van der Waals surface area contributed by atoms with Crippen molar-refractivity contribution in [1.82, 2.24) is 19.5 Å². The topological polar surface area (TPSA) is 76.9 Å². The molecule has 0 unspecified atom stereocenters. The minimum atomic E-state index is -0.368. The zero-order valence-electron chi connectivity index (χ0n) is 17.2. The normalized spacial score (nSPS) is 10.5. The van der Waals surface area contributed by atoms with Crippen LogP contribution in [0.4, 0.5) is 27.7 Å². The number of halogens is 1. The van der Waals surface area contributed by atoms with Crippen molar-refractivity contribution in [3.63, 3.8) is 0 Å². The van der Waals surface area contributed by atoms with Gasteiger partial charge in [0.2, 0.25) is 11.9 Å². The Morgan fingerprint density at radius 1 is 0.848 bits per heavy atom. The number of fused-ring (bicyclic) bond motifs is 1. The van der Waals surface area contributed by atoms with Crippen LogP contribution in [0.15, 0.2) is 85.1 Å². The predicted molar refractivity (Wildman–Crippen MR) is 129 cm³/mol. The fraction of sp³-hybridized carbons (Fsp3) is 0.0800. The molecule has 0 saturated heterocycles. The van der Waals surface area contributed by atoms with E-state index in [-0.39, 0.29) is 13.2 Å². The Morgan fingerprint density at radius 3 is 2.30 bits per heavy atom. The quantitative estimate of drug-likeness (QED) is 0.332. The van der Waals surface area contributed by atoms with Gasteiger partial charge in [0.05, 0.1) is 24.7 Å². The maximum absolute atomic E-state index is 14.3. The first-order valence-electron chi connectivity index (χ1n) is 9.95. The van der Waals surface area contributed by atoms with Crippen molar-refractivity contribution < 1.29 is 9.13 Å². The number of rotatable bonds is 6. The van der Waals surface area contributed by atoms with Gasteiger partial charge in [-0.1, -0.05) is 37.8 Å². The van der Waals surface area contributed by atoms with Crippen molar-refractivity contribution in [2.75, 3.05) is 17.7 Å². The highest BCUT2D eigenvalue weighted by molar-refractivity contribution is 5.79. The van der Waals surface area contributed by atoms with E-state index in [0.717, 1.165) is 17.1 Å². The summed E-state index contributed by atoms with van der Waals surface area (Å²) in [7, 11) is 1.62. The molecule has 166 valence electrons. The molecule has 5 rings (SSSR count). The molecule has 2 heterocycles. The summed E-state index contributed by atoms with van der Waals surface area (Å²) in [6, 6.07) is 23.6. The number of methoxy groups -OCH3 is 1. The largest absolute Gasteiger partial charge is 0.497 e. The third-order valence-electron chi connectivity index (χ3n) is 4.88. The van der Waals surface area contributed by atoms with E-state index in [1.54, 1.807) is 31.5 Å². The average Bonchev–Trinajstić information content (AvgIpc) is 3.19. The monoisotopic (exact) mass is 442 g/mol. The second kappa shape index (κ2) is 9.35. The van der Waals surface area contributed by atoms with E-state index in [2.05, 4.69) is 25.6 Å². The standard InChI is InChI=1S/C24H19FN6O.CH4/c1-32-18-13-11-16(12-14-18)27-23-26-15-21-22(30-23)31(17-7-3-2-4-8-17)24(29-21)28-20-10-6-5-9-19(20)25;/h2-15H,1H3,(H,28,29)(H,26,27,30);1H4. The fourth-order valence-electron chi connectivity index (χ4n) is 3.33. The van der Waals surface area contributed by atoms with E-state index in [1.807, 2.05) is 59.2 Å². The molecule has 0 saturated carbocycles. The first-order chi connectivity index (χ1) is 15.7. The number of ether oxygens (including phenoxy) is 1. The molecule has 0 radical (unpaired) electrons. The number of nitrogens with one attached hydrogen (secondary N) is 2. The van der Waals surface area contributed by atoms with Crippen LogP contribution in [0.5, 0.6) is 5.75 Å². The van der Waals surface area contributed by atoms with Gasteiger partial charge >= 0.3 is 0 Å². The van der Waals surface area contributed by atoms with E-state index in [1.165, 1.54) is 6.07 Å². The van der Waals surface area contributed by atoms with Crippen LogP contribution < -0.4 is 15.4 Å². The maximum atomic E-state index is 14.3. The van der Waals surface area contributed by atoms with Gasteiger partial charge in [-0.25, -0.2) is 14.4 Å². The molecule has 0 bridgehead atoms. The summed E-state index contributed by atoms with van der Waals surface area (Å²) < 4.78 is 21.3. The van der Waals surface area contributed by atoms with Gasteiger partial charge in [-0.05, 0) is 48.5 Å². The first kappa shape index (κ1) is 21.8. The number of hydrogen-bond acceptors (Lipinski definition) is 6. The molecule has 0 aliphatic rings. The van der Waals surface area contributed by atoms with E-state index in [9.17, 15) is 4.39 Å². The van der Waals surface area contributed by atoms with Crippen molar-refractivity contribution in [2.45, 2.75) is 7.43 Å². The number of benzene rings is 3. The molecule has 0 aliphatic carbocycles. The van der Waals surface area contributed by atoms with Gasteiger partial charge in [0.15, 0.2) is 5.65 Å². The molecular weight excluding hydrogens is 419 g/mol. The minimum Gasteiger partial charge on any atom is -0.497 e. The van der Waals surface area contributed by atoms with Crippen LogP contribution in [0.25, 0.3) is 16.9 Å². The molecule has 8 heteroatoms. The molecule has 33 heavy (non-hydrogen) atoms. The maximum Gasteiger partial charge on any atom is 0.229 e. The SMILES string of the molecule is C.COc1ccc(Nc2ncc3nc(Nc4ccccc4F)n(-c4ccccc4)c3n2)cc1. The van der Waals surface area contributed by atoms with Gasteiger partial charge in [-0.15, -0.1) is 0 Å². The fourth-order valence-corrected chi connectivity index (χ4v) is 3.33. The lowest BCUT2D eigenvalue weighted by molar-refractivity contribution is 0.415. The van der Waals surface area contributed by atoms with Crippen molar-refractivity contribution in [1.29, 1.82) is 0 Å². The molecule has 0 fully saturated rings. The molecule has 0 spiro atoms. The molecule has 2 N–H and O–H groups in total. The van der Waals surface area contributed by atoms with Crippen molar-refractivity contribution in [3.8, 4) is 11.4 Å². The summed E-state index contributed by atoms with van der Waals surface area (Å²) in [6.45, 7) is 0. The zero-order chi connectivity index (χ0) is 21.9. The van der Waals surface area contributed by atoms with Crippen LogP contribution in [0.1, 0.15) is 7.43 Å². The third-order valence-corrected chi connectivity index (χ3v) is 4.88. The molecule has 3 aromatic carbocycles. The van der Waals surface area contributed by atoms with E-state index >= 15 is 0 Å². The summed E-state index contributed by atoms with van der Waals surface area (Å²) in [5.74, 6) is 1.24. The molecule has 2 aromatic heterocycles.